The van der Waals surface area contributed by atoms with Gasteiger partial charge in [-0.15, -0.1) is 0 Å². The van der Waals surface area contributed by atoms with Crippen LogP contribution in [0.1, 0.15) is 24.8 Å². The molecular formula is C12H15ClN2O. The molecule has 1 heterocycles. The Morgan fingerprint density at radius 3 is 2.81 bits per heavy atom. The maximum atomic E-state index is 11.8. The molecule has 4 heteroatoms. The minimum Gasteiger partial charge on any atom is -0.398 e. The van der Waals surface area contributed by atoms with Crippen molar-refractivity contribution in [2.75, 3.05) is 17.2 Å². The third kappa shape index (κ3) is 1.87. The summed E-state index contributed by atoms with van der Waals surface area (Å²) in [7, 11) is 0. The molecule has 0 saturated carbocycles. The van der Waals surface area contributed by atoms with E-state index < -0.39 is 0 Å². The first-order valence-electron chi connectivity index (χ1n) is 5.46. The lowest BCUT2D eigenvalue weighted by molar-refractivity contribution is -0.119. The van der Waals surface area contributed by atoms with Crippen molar-refractivity contribution in [2.24, 2.45) is 0 Å². The second-order valence-electron chi connectivity index (χ2n) is 4.11. The molecule has 3 nitrogen and oxygen atoms in total. The van der Waals surface area contributed by atoms with E-state index in [0.29, 0.717) is 17.1 Å². The van der Waals surface area contributed by atoms with Gasteiger partial charge in [-0.2, -0.15) is 0 Å². The van der Waals surface area contributed by atoms with Crippen molar-refractivity contribution in [3.05, 3.63) is 22.7 Å². The number of hydrogen-bond donors (Lipinski definition) is 1. The smallest absolute Gasteiger partial charge is 0.227 e. The third-order valence-corrected chi connectivity index (χ3v) is 3.32. The van der Waals surface area contributed by atoms with Crippen molar-refractivity contribution in [1.82, 2.24) is 0 Å². The van der Waals surface area contributed by atoms with E-state index in [2.05, 4.69) is 0 Å². The maximum absolute atomic E-state index is 11.8. The summed E-state index contributed by atoms with van der Waals surface area (Å²) >= 11 is 6.15. The number of amides is 1. The number of nitrogens with zero attached hydrogens (tertiary/aromatic N) is 1. The second kappa shape index (κ2) is 4.34. The van der Waals surface area contributed by atoms with Gasteiger partial charge in [0, 0.05) is 18.7 Å². The van der Waals surface area contributed by atoms with Gasteiger partial charge in [-0.3, -0.25) is 4.79 Å². The van der Waals surface area contributed by atoms with Gasteiger partial charge >= 0.3 is 0 Å². The van der Waals surface area contributed by atoms with Crippen LogP contribution in [-0.4, -0.2) is 12.5 Å². The van der Waals surface area contributed by atoms with Crippen LogP contribution in [0, 0.1) is 6.92 Å². The molecule has 2 N–H and O–H groups in total. The fourth-order valence-corrected chi connectivity index (χ4v) is 2.36. The van der Waals surface area contributed by atoms with Crippen molar-refractivity contribution in [3.63, 3.8) is 0 Å². The maximum Gasteiger partial charge on any atom is 0.227 e. The molecule has 16 heavy (non-hydrogen) atoms. The van der Waals surface area contributed by atoms with E-state index >= 15 is 0 Å². The van der Waals surface area contributed by atoms with Crippen LogP contribution >= 0.6 is 11.6 Å². The highest BCUT2D eigenvalue weighted by molar-refractivity contribution is 6.34. The standard InChI is InChI=1S/C12H15ClN2O/c1-8-10(14)6-5-9(13)12(8)15-7-3-2-4-11(15)16/h5-6H,2-4,7,14H2,1H3. The molecule has 0 aliphatic carbocycles. The molecule has 1 fully saturated rings. The lowest BCUT2D eigenvalue weighted by Crippen LogP contribution is -2.36. The Balaban J connectivity index is 2.46. The van der Waals surface area contributed by atoms with Crippen LogP contribution in [0.25, 0.3) is 0 Å². The number of piperidine rings is 1. The van der Waals surface area contributed by atoms with Gasteiger partial charge in [-0.25, -0.2) is 0 Å². The molecule has 0 radical (unpaired) electrons. The van der Waals surface area contributed by atoms with Crippen molar-refractivity contribution in [2.45, 2.75) is 26.2 Å². The van der Waals surface area contributed by atoms with Crippen molar-refractivity contribution in [3.8, 4) is 0 Å². The molecule has 86 valence electrons. The van der Waals surface area contributed by atoms with Crippen molar-refractivity contribution >= 4 is 28.9 Å². The third-order valence-electron chi connectivity index (χ3n) is 3.02. The molecule has 0 spiro atoms. The molecule has 1 aromatic carbocycles. The Labute approximate surface area is 100 Å². The number of carbonyl (C=O) groups excluding carboxylic acids is 1. The number of halogens is 1. The average Bonchev–Trinajstić information content (AvgIpc) is 2.27. The van der Waals surface area contributed by atoms with Crippen molar-refractivity contribution < 1.29 is 4.79 Å². The topological polar surface area (TPSA) is 46.3 Å². The molecule has 0 aromatic heterocycles. The molecule has 1 aromatic rings. The van der Waals surface area contributed by atoms with E-state index in [0.717, 1.165) is 30.6 Å². The first-order valence-corrected chi connectivity index (χ1v) is 5.84. The number of rotatable bonds is 1. The summed E-state index contributed by atoms with van der Waals surface area (Å²) < 4.78 is 0. The zero-order valence-corrected chi connectivity index (χ0v) is 10.0. The largest absolute Gasteiger partial charge is 0.398 e. The summed E-state index contributed by atoms with van der Waals surface area (Å²) in [4.78, 5) is 13.6. The minimum absolute atomic E-state index is 0.141. The molecule has 1 saturated heterocycles. The number of anilines is 2. The predicted molar refractivity (Wildman–Crippen MR) is 66.8 cm³/mol. The molecule has 1 amide bonds. The SMILES string of the molecule is Cc1c(N)ccc(Cl)c1N1CCCCC1=O. The number of nitrogens with two attached hydrogens (primary N) is 1. The van der Waals surface area contributed by atoms with E-state index in [1.165, 1.54) is 0 Å². The monoisotopic (exact) mass is 238 g/mol. The highest BCUT2D eigenvalue weighted by atomic mass is 35.5. The van der Waals surface area contributed by atoms with Crippen LogP contribution in [0.4, 0.5) is 11.4 Å². The van der Waals surface area contributed by atoms with Crippen LogP contribution < -0.4 is 10.6 Å². The lowest BCUT2D eigenvalue weighted by Gasteiger charge is -2.29. The van der Waals surface area contributed by atoms with Crippen LogP contribution in [0.5, 0.6) is 0 Å². The van der Waals surface area contributed by atoms with Crippen molar-refractivity contribution in [1.29, 1.82) is 0 Å². The molecule has 0 atom stereocenters. The second-order valence-corrected chi connectivity index (χ2v) is 4.52. The van der Waals surface area contributed by atoms with Gasteiger partial charge in [-0.05, 0) is 37.5 Å². The Morgan fingerprint density at radius 1 is 1.38 bits per heavy atom. The minimum atomic E-state index is 0.141. The van der Waals surface area contributed by atoms with Gasteiger partial charge < -0.3 is 10.6 Å². The van der Waals surface area contributed by atoms with Gasteiger partial charge in [0.2, 0.25) is 5.91 Å². The average molecular weight is 239 g/mol. The molecule has 1 aliphatic rings. The number of nitrogen functional groups attached to an aromatic ring is 1. The fourth-order valence-electron chi connectivity index (χ4n) is 2.06. The number of carbonyl (C=O) groups is 1. The number of benzene rings is 1. The van der Waals surface area contributed by atoms with E-state index in [-0.39, 0.29) is 5.91 Å². The zero-order valence-electron chi connectivity index (χ0n) is 9.29. The molecule has 2 rings (SSSR count). The molecule has 0 bridgehead atoms. The Bertz CT molecular complexity index is 431. The Kier molecular flexibility index (Phi) is 3.06. The fraction of sp³-hybridized carbons (Fsp3) is 0.417. The van der Waals surface area contributed by atoms with Crippen LogP contribution in [0.3, 0.4) is 0 Å². The Morgan fingerprint density at radius 2 is 2.12 bits per heavy atom. The Hall–Kier alpha value is -1.22. The van der Waals surface area contributed by atoms with E-state index in [1.54, 1.807) is 17.0 Å². The van der Waals surface area contributed by atoms with E-state index in [9.17, 15) is 4.79 Å². The van der Waals surface area contributed by atoms with E-state index in [4.69, 9.17) is 17.3 Å². The van der Waals surface area contributed by atoms with Gasteiger partial charge in [0.15, 0.2) is 0 Å². The van der Waals surface area contributed by atoms with E-state index in [1.807, 2.05) is 6.92 Å². The summed E-state index contributed by atoms with van der Waals surface area (Å²) in [5.74, 6) is 0.141. The number of hydrogen-bond acceptors (Lipinski definition) is 2. The first kappa shape index (κ1) is 11.3. The normalized spacial score (nSPS) is 16.6. The highest BCUT2D eigenvalue weighted by Gasteiger charge is 2.23. The molecule has 0 unspecified atom stereocenters. The summed E-state index contributed by atoms with van der Waals surface area (Å²) in [6.07, 6.45) is 2.59. The van der Waals surface area contributed by atoms with Crippen LogP contribution in [0.2, 0.25) is 5.02 Å². The highest BCUT2D eigenvalue weighted by Crippen LogP contribution is 2.34. The summed E-state index contributed by atoms with van der Waals surface area (Å²) in [6, 6.07) is 3.52. The van der Waals surface area contributed by atoms with Crippen LogP contribution in [0.15, 0.2) is 12.1 Å². The summed E-state index contributed by atoms with van der Waals surface area (Å²) in [5, 5.41) is 0.599. The van der Waals surface area contributed by atoms with Gasteiger partial charge in [0.25, 0.3) is 0 Å². The quantitative estimate of drug-likeness (QED) is 0.765. The van der Waals surface area contributed by atoms with Gasteiger partial charge in [0.1, 0.15) is 0 Å². The zero-order chi connectivity index (χ0) is 11.7. The summed E-state index contributed by atoms with van der Waals surface area (Å²) in [6.45, 7) is 2.64. The first-order chi connectivity index (χ1) is 7.61. The summed E-state index contributed by atoms with van der Waals surface area (Å²) in [5.41, 5.74) is 8.20. The molecule has 1 aliphatic heterocycles. The van der Waals surface area contributed by atoms with Crippen LogP contribution in [-0.2, 0) is 4.79 Å². The lowest BCUT2D eigenvalue weighted by atomic mass is 10.1. The predicted octanol–water partition coefficient (Wildman–Crippen LogP) is 2.75. The van der Waals surface area contributed by atoms with Gasteiger partial charge in [-0.1, -0.05) is 11.6 Å². The van der Waals surface area contributed by atoms with Gasteiger partial charge in [0.05, 0.1) is 10.7 Å². The molecular weight excluding hydrogens is 224 g/mol.